The van der Waals surface area contributed by atoms with Gasteiger partial charge in [-0.3, -0.25) is 9.59 Å². The number of rotatable bonds is 5. The second kappa shape index (κ2) is 9.03. The molecule has 0 bridgehead atoms. The lowest BCUT2D eigenvalue weighted by molar-refractivity contribution is 0.0527. The Balaban J connectivity index is 1.82. The molecule has 4 rings (SSSR count). The maximum absolute atomic E-state index is 13.3. The number of benzene rings is 2. The van der Waals surface area contributed by atoms with Gasteiger partial charge >= 0.3 is 5.97 Å². The lowest BCUT2D eigenvalue weighted by atomic mass is 10.0. The summed E-state index contributed by atoms with van der Waals surface area (Å²) in [6.45, 7) is 7.37. The van der Waals surface area contributed by atoms with E-state index in [1.165, 1.54) is 11.3 Å². The average molecular weight is 462 g/mol. The predicted octanol–water partition coefficient (Wildman–Crippen LogP) is 5.88. The van der Waals surface area contributed by atoms with Crippen LogP contribution >= 0.6 is 11.3 Å². The first kappa shape index (κ1) is 22.5. The van der Waals surface area contributed by atoms with Gasteiger partial charge in [0.1, 0.15) is 10.8 Å². The monoisotopic (exact) mass is 461 g/mol. The molecule has 33 heavy (non-hydrogen) atoms. The number of para-hydroxylation sites is 1. The third kappa shape index (κ3) is 4.07. The van der Waals surface area contributed by atoms with Crippen molar-refractivity contribution < 1.29 is 18.7 Å². The fourth-order valence-corrected chi connectivity index (χ4v) is 4.73. The van der Waals surface area contributed by atoms with Crippen LogP contribution in [0.25, 0.3) is 22.3 Å². The summed E-state index contributed by atoms with van der Waals surface area (Å²) in [6.07, 6.45) is 0. The Bertz CT molecular complexity index is 1430. The van der Waals surface area contributed by atoms with Gasteiger partial charge in [0.2, 0.25) is 0 Å². The number of hydrogen-bond donors (Lipinski definition) is 1. The molecule has 0 aliphatic heterocycles. The van der Waals surface area contributed by atoms with Crippen molar-refractivity contribution in [2.24, 2.45) is 0 Å². The molecular formula is C26H23NO5S. The van der Waals surface area contributed by atoms with Crippen LogP contribution < -0.4 is 10.7 Å². The molecule has 0 radical (unpaired) electrons. The SMILES string of the molecule is CCOC(=O)c1c(NC(=O)c2cccc3c(=O)c(C)c(-c4ccccc4)oc23)sc(C)c1C. The molecule has 0 aliphatic rings. The van der Waals surface area contributed by atoms with Gasteiger partial charge < -0.3 is 14.5 Å². The number of anilines is 1. The Morgan fingerprint density at radius 3 is 2.42 bits per heavy atom. The van der Waals surface area contributed by atoms with Gasteiger partial charge in [-0.15, -0.1) is 11.3 Å². The molecule has 2 heterocycles. The van der Waals surface area contributed by atoms with Crippen LogP contribution in [0.4, 0.5) is 5.00 Å². The molecule has 0 saturated heterocycles. The van der Waals surface area contributed by atoms with Crippen LogP contribution in [-0.2, 0) is 4.74 Å². The Kier molecular flexibility index (Phi) is 6.16. The van der Waals surface area contributed by atoms with E-state index in [2.05, 4.69) is 5.32 Å². The molecule has 0 fully saturated rings. The lowest BCUT2D eigenvalue weighted by Gasteiger charge is -2.11. The molecular weight excluding hydrogens is 438 g/mol. The van der Waals surface area contributed by atoms with E-state index in [0.29, 0.717) is 27.3 Å². The van der Waals surface area contributed by atoms with Gasteiger partial charge in [0, 0.05) is 16.0 Å². The topological polar surface area (TPSA) is 85.6 Å². The summed E-state index contributed by atoms with van der Waals surface area (Å²) >= 11 is 1.30. The van der Waals surface area contributed by atoms with Crippen molar-refractivity contribution in [1.82, 2.24) is 0 Å². The summed E-state index contributed by atoms with van der Waals surface area (Å²) in [5, 5.41) is 3.56. The number of amides is 1. The molecule has 0 saturated carbocycles. The van der Waals surface area contributed by atoms with Crippen molar-refractivity contribution in [2.45, 2.75) is 27.7 Å². The van der Waals surface area contributed by atoms with Crippen LogP contribution in [-0.4, -0.2) is 18.5 Å². The number of esters is 1. The van der Waals surface area contributed by atoms with Crippen LogP contribution in [0.5, 0.6) is 0 Å². The van der Waals surface area contributed by atoms with Crippen molar-refractivity contribution in [2.75, 3.05) is 11.9 Å². The zero-order valence-corrected chi connectivity index (χ0v) is 19.6. The highest BCUT2D eigenvalue weighted by atomic mass is 32.1. The number of nitrogens with one attached hydrogen (secondary N) is 1. The Labute approximate surface area is 194 Å². The zero-order valence-electron chi connectivity index (χ0n) is 18.8. The fraction of sp³-hybridized carbons (Fsp3) is 0.192. The number of aryl methyl sites for hydroxylation is 1. The Morgan fingerprint density at radius 2 is 1.73 bits per heavy atom. The number of carbonyl (C=O) groups is 2. The molecule has 1 amide bonds. The summed E-state index contributed by atoms with van der Waals surface area (Å²) in [7, 11) is 0. The molecule has 0 spiro atoms. The van der Waals surface area contributed by atoms with E-state index in [4.69, 9.17) is 9.15 Å². The molecule has 0 aliphatic carbocycles. The fourth-order valence-electron chi connectivity index (χ4n) is 3.69. The largest absolute Gasteiger partial charge is 0.462 e. The first-order valence-corrected chi connectivity index (χ1v) is 11.3. The van der Waals surface area contributed by atoms with Gasteiger partial charge in [0.15, 0.2) is 11.0 Å². The molecule has 0 unspecified atom stereocenters. The lowest BCUT2D eigenvalue weighted by Crippen LogP contribution is -2.16. The second-order valence-corrected chi connectivity index (χ2v) is 8.82. The summed E-state index contributed by atoms with van der Waals surface area (Å²) in [5.74, 6) is -0.539. The standard InChI is InChI=1S/C26H23NO5S/c1-5-31-26(30)20-14(2)16(4)33-25(20)27-24(29)19-13-9-12-18-21(28)15(3)22(32-23(18)19)17-10-7-6-8-11-17/h6-13H,5H2,1-4H3,(H,27,29). The molecule has 2 aromatic carbocycles. The van der Waals surface area contributed by atoms with Crippen LogP contribution in [0, 0.1) is 20.8 Å². The third-order valence-electron chi connectivity index (χ3n) is 5.52. The van der Waals surface area contributed by atoms with Crippen molar-refractivity contribution in [3.8, 4) is 11.3 Å². The second-order valence-electron chi connectivity index (χ2n) is 7.60. The number of fused-ring (bicyclic) bond motifs is 1. The highest BCUT2D eigenvalue weighted by Crippen LogP contribution is 2.34. The van der Waals surface area contributed by atoms with Crippen molar-refractivity contribution in [3.05, 3.63) is 85.9 Å². The molecule has 6 nitrogen and oxygen atoms in total. The van der Waals surface area contributed by atoms with E-state index in [9.17, 15) is 14.4 Å². The van der Waals surface area contributed by atoms with Gasteiger partial charge in [0.05, 0.1) is 23.1 Å². The first-order valence-electron chi connectivity index (χ1n) is 10.5. The Hall–Kier alpha value is -3.71. The van der Waals surface area contributed by atoms with Gasteiger partial charge in [-0.1, -0.05) is 36.4 Å². The van der Waals surface area contributed by atoms with Crippen molar-refractivity contribution >= 4 is 39.2 Å². The number of hydrogen-bond acceptors (Lipinski definition) is 6. The molecule has 0 atom stereocenters. The minimum atomic E-state index is -0.485. The maximum atomic E-state index is 13.3. The van der Waals surface area contributed by atoms with E-state index in [-0.39, 0.29) is 23.2 Å². The number of ether oxygens (including phenoxy) is 1. The van der Waals surface area contributed by atoms with Crippen LogP contribution in [0.3, 0.4) is 0 Å². The minimum Gasteiger partial charge on any atom is -0.462 e. The smallest absolute Gasteiger partial charge is 0.341 e. The highest BCUT2D eigenvalue weighted by molar-refractivity contribution is 7.16. The van der Waals surface area contributed by atoms with Gasteiger partial charge in [-0.25, -0.2) is 4.79 Å². The quantitative estimate of drug-likeness (QED) is 0.375. The maximum Gasteiger partial charge on any atom is 0.341 e. The van der Waals surface area contributed by atoms with Gasteiger partial charge in [-0.2, -0.15) is 0 Å². The predicted molar refractivity (Wildman–Crippen MR) is 130 cm³/mol. The van der Waals surface area contributed by atoms with Gasteiger partial charge in [-0.05, 0) is 45.4 Å². The van der Waals surface area contributed by atoms with Crippen LogP contribution in [0.1, 0.15) is 43.6 Å². The van der Waals surface area contributed by atoms with E-state index in [0.717, 1.165) is 16.0 Å². The zero-order chi connectivity index (χ0) is 23.7. The molecule has 168 valence electrons. The van der Waals surface area contributed by atoms with Crippen molar-refractivity contribution in [3.63, 3.8) is 0 Å². The van der Waals surface area contributed by atoms with E-state index >= 15 is 0 Å². The van der Waals surface area contributed by atoms with E-state index in [1.54, 1.807) is 32.0 Å². The third-order valence-corrected chi connectivity index (χ3v) is 6.64. The molecule has 1 N–H and O–H groups in total. The van der Waals surface area contributed by atoms with Crippen molar-refractivity contribution in [1.29, 1.82) is 0 Å². The van der Waals surface area contributed by atoms with Gasteiger partial charge in [0.25, 0.3) is 5.91 Å². The molecule has 7 heteroatoms. The first-order chi connectivity index (χ1) is 15.8. The highest BCUT2D eigenvalue weighted by Gasteiger charge is 2.24. The average Bonchev–Trinajstić information content (AvgIpc) is 3.09. The summed E-state index contributed by atoms with van der Waals surface area (Å²) < 4.78 is 11.3. The Morgan fingerprint density at radius 1 is 1.00 bits per heavy atom. The molecule has 2 aromatic heterocycles. The van der Waals surface area contributed by atoms with Crippen LogP contribution in [0.15, 0.2) is 57.7 Å². The summed E-state index contributed by atoms with van der Waals surface area (Å²) in [6, 6.07) is 14.2. The number of thiophene rings is 1. The molecule has 4 aromatic rings. The van der Waals surface area contributed by atoms with E-state index in [1.807, 2.05) is 44.2 Å². The minimum absolute atomic E-state index is 0.195. The summed E-state index contributed by atoms with van der Waals surface area (Å²) in [4.78, 5) is 39.8. The van der Waals surface area contributed by atoms with Crippen LogP contribution in [0.2, 0.25) is 0 Å². The normalized spacial score (nSPS) is 10.9. The summed E-state index contributed by atoms with van der Waals surface area (Å²) in [5.41, 5.74) is 2.54. The van der Waals surface area contributed by atoms with E-state index < -0.39 is 11.9 Å². The number of carbonyl (C=O) groups excluding carboxylic acids is 2.